The molecule has 1 fully saturated rings. The van der Waals surface area contributed by atoms with Crippen molar-refractivity contribution in [2.24, 2.45) is 11.5 Å². The summed E-state index contributed by atoms with van der Waals surface area (Å²) >= 11 is 0. The molecule has 198 valence electrons. The first-order chi connectivity index (χ1) is 14.9. The van der Waals surface area contributed by atoms with Crippen molar-refractivity contribution in [3.05, 3.63) is 0 Å². The Balaban J connectivity index is -0.0000000990. The molecule has 1 aliphatic carbocycles. The van der Waals surface area contributed by atoms with Crippen LogP contribution >= 0.6 is 0 Å². The molecular formula is C22H42N2O8Pt. The molecule has 1 aliphatic rings. The van der Waals surface area contributed by atoms with Crippen molar-refractivity contribution < 1.29 is 60.7 Å². The van der Waals surface area contributed by atoms with E-state index in [0.29, 0.717) is 25.7 Å². The molecule has 0 aromatic rings. The summed E-state index contributed by atoms with van der Waals surface area (Å²) in [6.45, 7) is 7.21. The molecule has 0 aromatic heterocycles. The van der Waals surface area contributed by atoms with E-state index in [1.54, 1.807) is 27.7 Å². The van der Waals surface area contributed by atoms with Gasteiger partial charge in [-0.2, -0.15) is 0 Å². The van der Waals surface area contributed by atoms with Crippen molar-refractivity contribution >= 4 is 23.9 Å². The van der Waals surface area contributed by atoms with Gasteiger partial charge in [0.15, 0.2) is 0 Å². The van der Waals surface area contributed by atoms with Crippen molar-refractivity contribution in [2.45, 2.75) is 117 Å². The van der Waals surface area contributed by atoms with E-state index in [9.17, 15) is 39.6 Å². The van der Waals surface area contributed by atoms with Gasteiger partial charge in [0.2, 0.25) is 0 Å². The predicted molar refractivity (Wildman–Crippen MR) is 114 cm³/mol. The third-order valence-electron chi connectivity index (χ3n) is 3.69. The van der Waals surface area contributed by atoms with Crippen molar-refractivity contribution in [3.63, 3.8) is 0 Å². The number of rotatable bonds is 8. The second kappa shape index (κ2) is 32.7. The summed E-state index contributed by atoms with van der Waals surface area (Å²) in [5, 5.41) is 38.0. The number of aliphatic carboxylic acids is 4. The number of carbonyl (C=O) groups is 4. The molecule has 0 heterocycles. The number of carboxylic acids is 4. The number of hydrogen-bond donors (Lipinski definition) is 2. The summed E-state index contributed by atoms with van der Waals surface area (Å²) in [7, 11) is 0. The Labute approximate surface area is 212 Å². The van der Waals surface area contributed by atoms with Gasteiger partial charge in [0, 0.05) is 36.0 Å². The van der Waals surface area contributed by atoms with Gasteiger partial charge in [0.05, 0.1) is 0 Å². The fraction of sp³-hybridized carbons (Fsp3) is 0.818. The normalized spacial score (nSPS) is 15.6. The zero-order valence-corrected chi connectivity index (χ0v) is 22.6. The maximum Gasteiger partial charge on any atom is 4.00 e. The van der Waals surface area contributed by atoms with E-state index in [4.69, 9.17) is 11.5 Å². The minimum Gasteiger partial charge on any atom is -0.550 e. The first-order valence-electron chi connectivity index (χ1n) is 11.2. The third-order valence-corrected chi connectivity index (χ3v) is 3.69. The summed E-state index contributed by atoms with van der Waals surface area (Å²) < 4.78 is 0. The van der Waals surface area contributed by atoms with E-state index in [-0.39, 0.29) is 58.8 Å². The smallest absolute Gasteiger partial charge is 0.550 e. The third kappa shape index (κ3) is 53.6. The number of nitrogens with two attached hydrogens (primary N) is 2. The molecule has 0 bridgehead atoms. The van der Waals surface area contributed by atoms with Gasteiger partial charge in [0.1, 0.15) is 0 Å². The Morgan fingerprint density at radius 3 is 0.818 bits per heavy atom. The molecule has 1 saturated carbocycles. The van der Waals surface area contributed by atoms with Crippen molar-refractivity contribution in [3.8, 4) is 0 Å². The van der Waals surface area contributed by atoms with Crippen LogP contribution in [0.15, 0.2) is 0 Å². The summed E-state index contributed by atoms with van der Waals surface area (Å²) in [5.74, 6) is -3.84. The van der Waals surface area contributed by atoms with E-state index >= 15 is 0 Å². The van der Waals surface area contributed by atoms with Crippen LogP contribution in [-0.4, -0.2) is 36.0 Å². The molecule has 11 heteroatoms. The van der Waals surface area contributed by atoms with E-state index in [0.717, 1.165) is 12.8 Å². The minimum atomic E-state index is -0.961. The first-order valence-corrected chi connectivity index (χ1v) is 11.2. The molecule has 0 aromatic carbocycles. The number of carbonyl (C=O) groups excluding carboxylic acids is 4. The van der Waals surface area contributed by atoms with Gasteiger partial charge in [-0.05, 0) is 38.5 Å². The second-order valence-corrected chi connectivity index (χ2v) is 7.10. The predicted octanol–water partition coefficient (Wildman–Crippen LogP) is -1.64. The van der Waals surface area contributed by atoms with Crippen LogP contribution < -0.4 is 31.9 Å². The fourth-order valence-electron chi connectivity index (χ4n) is 2.00. The Morgan fingerprint density at radius 1 is 0.576 bits per heavy atom. The topological polar surface area (TPSA) is 213 Å². The van der Waals surface area contributed by atoms with E-state index in [1.165, 1.54) is 12.8 Å². The van der Waals surface area contributed by atoms with Crippen LogP contribution in [0.1, 0.15) is 105 Å². The Bertz CT molecular complexity index is 405. The maximum atomic E-state index is 9.49. The summed E-state index contributed by atoms with van der Waals surface area (Å²) in [4.78, 5) is 38.0. The standard InChI is InChI=1S/C6H14N2.4C4H8O2.Pt/c7-5-3-1-2-4-6(5)8;4*1-2-3-4(5)6;/h5-6H,1-4,7-8H2;4*2-3H2,1H3,(H,5,6);/q;;;;;+4/p-4/t5-,6-;;;;;/m0...../s1. The van der Waals surface area contributed by atoms with Crippen molar-refractivity contribution in [1.29, 1.82) is 0 Å². The zero-order chi connectivity index (χ0) is 25.9. The average molecular weight is 658 g/mol. The average Bonchev–Trinajstić information content (AvgIpc) is 2.66. The Hall–Kier alpha value is -1.51. The van der Waals surface area contributed by atoms with E-state index < -0.39 is 23.9 Å². The van der Waals surface area contributed by atoms with Gasteiger partial charge in [-0.1, -0.05) is 66.2 Å². The summed E-state index contributed by atoms with van der Waals surface area (Å²) in [6.07, 6.45) is 8.20. The van der Waals surface area contributed by atoms with Gasteiger partial charge in [-0.15, -0.1) is 0 Å². The van der Waals surface area contributed by atoms with Crippen LogP contribution in [0.4, 0.5) is 0 Å². The molecule has 4 N–H and O–H groups in total. The Morgan fingerprint density at radius 2 is 0.758 bits per heavy atom. The fourth-order valence-corrected chi connectivity index (χ4v) is 2.00. The van der Waals surface area contributed by atoms with Gasteiger partial charge in [-0.3, -0.25) is 0 Å². The molecule has 33 heavy (non-hydrogen) atoms. The molecular weight excluding hydrogens is 615 g/mol. The monoisotopic (exact) mass is 657 g/mol. The molecule has 0 unspecified atom stereocenters. The van der Waals surface area contributed by atoms with Gasteiger partial charge in [-0.25, -0.2) is 0 Å². The van der Waals surface area contributed by atoms with Crippen LogP contribution in [0.25, 0.3) is 0 Å². The SMILES string of the molecule is CCCC(=O)[O-].CCCC(=O)[O-].CCCC(=O)[O-].CCCC(=O)[O-].N[C@H]1CCCC[C@@H]1N.[Pt+4]. The van der Waals surface area contributed by atoms with Gasteiger partial charge in [0.25, 0.3) is 0 Å². The Kier molecular flexibility index (Phi) is 41.3. The van der Waals surface area contributed by atoms with Gasteiger partial charge >= 0.3 is 21.1 Å². The summed E-state index contributed by atoms with van der Waals surface area (Å²) in [6, 6.07) is 0.562. The van der Waals surface area contributed by atoms with Crippen molar-refractivity contribution in [1.82, 2.24) is 0 Å². The van der Waals surface area contributed by atoms with Crippen LogP contribution in [-0.2, 0) is 40.2 Å². The number of hydrogen-bond acceptors (Lipinski definition) is 10. The molecule has 0 spiro atoms. The quantitative estimate of drug-likeness (QED) is 0.304. The maximum absolute atomic E-state index is 9.49. The van der Waals surface area contributed by atoms with E-state index in [1.807, 2.05) is 0 Å². The molecule has 0 saturated heterocycles. The first kappa shape index (κ1) is 41.7. The second-order valence-electron chi connectivity index (χ2n) is 7.10. The molecule has 1 rings (SSSR count). The molecule has 10 nitrogen and oxygen atoms in total. The zero-order valence-electron chi connectivity index (χ0n) is 20.4. The van der Waals surface area contributed by atoms with Gasteiger partial charge < -0.3 is 51.1 Å². The van der Waals surface area contributed by atoms with Crippen LogP contribution in [0.3, 0.4) is 0 Å². The molecule has 2 atom stereocenters. The van der Waals surface area contributed by atoms with Crippen LogP contribution in [0, 0.1) is 0 Å². The van der Waals surface area contributed by atoms with Crippen LogP contribution in [0.2, 0.25) is 0 Å². The number of carboxylic acid groups (broad SMARTS) is 4. The van der Waals surface area contributed by atoms with Crippen LogP contribution in [0.5, 0.6) is 0 Å². The molecule has 0 radical (unpaired) electrons. The summed E-state index contributed by atoms with van der Waals surface area (Å²) in [5.41, 5.74) is 11.3. The molecule has 0 amide bonds. The van der Waals surface area contributed by atoms with E-state index in [2.05, 4.69) is 0 Å². The molecule has 0 aliphatic heterocycles. The minimum absolute atomic E-state index is 0. The largest absolute Gasteiger partial charge is 4.00 e. The van der Waals surface area contributed by atoms with Crippen molar-refractivity contribution in [2.75, 3.05) is 0 Å².